The summed E-state index contributed by atoms with van der Waals surface area (Å²) in [6, 6.07) is 22.9. The summed E-state index contributed by atoms with van der Waals surface area (Å²) in [6.45, 7) is 3.55. The first-order chi connectivity index (χ1) is 18.6. The van der Waals surface area contributed by atoms with E-state index in [1.165, 1.54) is 61.6 Å². The van der Waals surface area contributed by atoms with Gasteiger partial charge in [0.05, 0.1) is 12.5 Å². The van der Waals surface area contributed by atoms with E-state index in [1.807, 2.05) is 12.1 Å². The van der Waals surface area contributed by atoms with Gasteiger partial charge in [0.15, 0.2) is 0 Å². The highest BCUT2D eigenvalue weighted by molar-refractivity contribution is 5.71. The van der Waals surface area contributed by atoms with E-state index in [-0.39, 0.29) is 5.92 Å². The number of carboxylic acid groups (broad SMARTS) is 1. The van der Waals surface area contributed by atoms with Crippen LogP contribution in [-0.4, -0.2) is 17.7 Å². The Balaban J connectivity index is 1.19. The van der Waals surface area contributed by atoms with Crippen molar-refractivity contribution in [3.8, 4) is 22.6 Å². The number of rotatable bonds is 15. The van der Waals surface area contributed by atoms with Crippen LogP contribution in [0.2, 0.25) is 0 Å². The standard InChI is InChI=1S/C34H42O4/c1-2-3-4-5-6-7-8-9-22-37-32-19-16-28(17-20-32)27-12-10-26(11-13-27)25-38-33-21-18-29-23-31(34(35)36)15-14-30(29)24-33/h10-13,16-21,24,31H,2-9,14-15,22-23,25H2,1H3,(H,35,36). The van der Waals surface area contributed by atoms with Crippen molar-refractivity contribution in [1.29, 1.82) is 0 Å². The molecule has 0 fully saturated rings. The predicted molar refractivity (Wildman–Crippen MR) is 154 cm³/mol. The van der Waals surface area contributed by atoms with Gasteiger partial charge in [0.25, 0.3) is 0 Å². The van der Waals surface area contributed by atoms with Crippen LogP contribution in [0.3, 0.4) is 0 Å². The molecule has 0 saturated heterocycles. The number of unbranched alkanes of at least 4 members (excludes halogenated alkanes) is 7. The van der Waals surface area contributed by atoms with Gasteiger partial charge in [-0.2, -0.15) is 0 Å². The van der Waals surface area contributed by atoms with Crippen LogP contribution in [0.4, 0.5) is 0 Å². The fraction of sp³-hybridized carbons (Fsp3) is 0.441. The number of aliphatic carboxylic acids is 1. The van der Waals surface area contributed by atoms with Crippen LogP contribution in [0.5, 0.6) is 11.5 Å². The first-order valence-electron chi connectivity index (χ1n) is 14.4. The lowest BCUT2D eigenvalue weighted by molar-refractivity contribution is -0.142. The predicted octanol–water partition coefficient (Wildman–Crippen LogP) is 8.64. The third-order valence-electron chi connectivity index (χ3n) is 7.57. The molecule has 0 aromatic heterocycles. The molecule has 4 nitrogen and oxygen atoms in total. The van der Waals surface area contributed by atoms with Crippen LogP contribution in [0.1, 0.15) is 81.4 Å². The molecule has 0 saturated carbocycles. The van der Waals surface area contributed by atoms with Gasteiger partial charge in [-0.3, -0.25) is 4.79 Å². The normalized spacial score (nSPS) is 14.6. The van der Waals surface area contributed by atoms with Gasteiger partial charge in [-0.15, -0.1) is 0 Å². The number of carbonyl (C=O) groups is 1. The van der Waals surface area contributed by atoms with E-state index in [0.717, 1.165) is 42.1 Å². The number of hydrogen-bond donors (Lipinski definition) is 1. The topological polar surface area (TPSA) is 55.8 Å². The third kappa shape index (κ3) is 8.37. The Hall–Kier alpha value is -3.27. The smallest absolute Gasteiger partial charge is 0.306 e. The van der Waals surface area contributed by atoms with Crippen LogP contribution in [0, 0.1) is 5.92 Å². The summed E-state index contributed by atoms with van der Waals surface area (Å²) in [5, 5.41) is 9.28. The molecule has 202 valence electrons. The van der Waals surface area contributed by atoms with Crippen molar-refractivity contribution in [2.24, 2.45) is 5.92 Å². The minimum Gasteiger partial charge on any atom is -0.494 e. The van der Waals surface area contributed by atoms with Crippen LogP contribution in [0.25, 0.3) is 11.1 Å². The summed E-state index contributed by atoms with van der Waals surface area (Å²) in [6.07, 6.45) is 12.6. The lowest BCUT2D eigenvalue weighted by Crippen LogP contribution is -2.22. The molecule has 0 aliphatic heterocycles. The molecule has 0 bridgehead atoms. The molecule has 3 aromatic rings. The fourth-order valence-electron chi connectivity index (χ4n) is 5.16. The molecule has 1 atom stereocenters. The highest BCUT2D eigenvalue weighted by Crippen LogP contribution is 2.29. The average molecular weight is 515 g/mol. The zero-order chi connectivity index (χ0) is 26.6. The summed E-state index contributed by atoms with van der Waals surface area (Å²) >= 11 is 0. The van der Waals surface area contributed by atoms with Gasteiger partial charge in [0, 0.05) is 0 Å². The number of benzene rings is 3. The summed E-state index contributed by atoms with van der Waals surface area (Å²) in [5.41, 5.74) is 5.80. The van der Waals surface area contributed by atoms with E-state index < -0.39 is 5.97 Å². The van der Waals surface area contributed by atoms with Crippen molar-refractivity contribution in [3.63, 3.8) is 0 Å². The minimum atomic E-state index is -0.696. The molecule has 3 aromatic carbocycles. The Bertz CT molecular complexity index is 1130. The van der Waals surface area contributed by atoms with Crippen LogP contribution in [-0.2, 0) is 24.2 Å². The molecule has 0 radical (unpaired) electrons. The zero-order valence-corrected chi connectivity index (χ0v) is 22.8. The van der Waals surface area contributed by atoms with Crippen molar-refractivity contribution in [2.75, 3.05) is 6.61 Å². The maximum atomic E-state index is 11.3. The summed E-state index contributed by atoms with van der Waals surface area (Å²) < 4.78 is 12.0. The number of hydrogen-bond acceptors (Lipinski definition) is 3. The van der Waals surface area contributed by atoms with Crippen LogP contribution >= 0.6 is 0 Å². The van der Waals surface area contributed by atoms with Crippen molar-refractivity contribution in [1.82, 2.24) is 0 Å². The Morgan fingerprint density at radius 3 is 2.08 bits per heavy atom. The largest absolute Gasteiger partial charge is 0.494 e. The maximum Gasteiger partial charge on any atom is 0.306 e. The quantitative estimate of drug-likeness (QED) is 0.206. The van der Waals surface area contributed by atoms with Gasteiger partial charge in [-0.05, 0) is 77.8 Å². The first-order valence-corrected chi connectivity index (χ1v) is 14.4. The molecular formula is C34H42O4. The van der Waals surface area contributed by atoms with Gasteiger partial charge >= 0.3 is 5.97 Å². The third-order valence-corrected chi connectivity index (χ3v) is 7.57. The summed E-state index contributed by atoms with van der Waals surface area (Å²) in [7, 11) is 0. The Morgan fingerprint density at radius 1 is 0.763 bits per heavy atom. The van der Waals surface area contributed by atoms with Crippen molar-refractivity contribution >= 4 is 5.97 Å². The number of ether oxygens (including phenoxy) is 2. The highest BCUT2D eigenvalue weighted by atomic mass is 16.5. The summed E-state index contributed by atoms with van der Waals surface area (Å²) in [4.78, 5) is 11.3. The summed E-state index contributed by atoms with van der Waals surface area (Å²) in [5.74, 6) is 0.809. The van der Waals surface area contributed by atoms with E-state index in [2.05, 4.69) is 61.5 Å². The molecule has 1 aliphatic carbocycles. The zero-order valence-electron chi connectivity index (χ0n) is 22.8. The van der Waals surface area contributed by atoms with Crippen molar-refractivity contribution in [2.45, 2.75) is 84.2 Å². The van der Waals surface area contributed by atoms with Gasteiger partial charge in [0.1, 0.15) is 18.1 Å². The average Bonchev–Trinajstić information content (AvgIpc) is 2.95. The van der Waals surface area contributed by atoms with E-state index in [9.17, 15) is 9.90 Å². The van der Waals surface area contributed by atoms with Crippen LogP contribution in [0.15, 0.2) is 66.7 Å². The second-order valence-corrected chi connectivity index (χ2v) is 10.5. The molecule has 1 aliphatic rings. The van der Waals surface area contributed by atoms with Gasteiger partial charge in [-0.1, -0.05) is 94.3 Å². The molecule has 0 spiro atoms. The molecule has 0 amide bonds. The molecule has 1 unspecified atom stereocenters. The number of aryl methyl sites for hydroxylation is 1. The SMILES string of the molecule is CCCCCCCCCCOc1ccc(-c2ccc(COc3ccc4c(c3)CCC(C(=O)O)C4)cc2)cc1. The fourth-order valence-corrected chi connectivity index (χ4v) is 5.16. The monoisotopic (exact) mass is 514 g/mol. The van der Waals surface area contributed by atoms with Gasteiger partial charge in [-0.25, -0.2) is 0 Å². The lowest BCUT2D eigenvalue weighted by atomic mass is 9.84. The Labute approximate surface area is 228 Å². The second kappa shape index (κ2) is 14.6. The maximum absolute atomic E-state index is 11.3. The molecule has 4 rings (SSSR count). The van der Waals surface area contributed by atoms with Crippen molar-refractivity contribution in [3.05, 3.63) is 83.4 Å². The molecule has 0 heterocycles. The van der Waals surface area contributed by atoms with E-state index in [4.69, 9.17) is 9.47 Å². The van der Waals surface area contributed by atoms with Crippen LogP contribution < -0.4 is 9.47 Å². The van der Waals surface area contributed by atoms with Crippen molar-refractivity contribution < 1.29 is 19.4 Å². The highest BCUT2D eigenvalue weighted by Gasteiger charge is 2.24. The minimum absolute atomic E-state index is 0.267. The van der Waals surface area contributed by atoms with E-state index >= 15 is 0 Å². The van der Waals surface area contributed by atoms with E-state index in [1.54, 1.807) is 0 Å². The second-order valence-electron chi connectivity index (χ2n) is 10.5. The molecule has 1 N–H and O–H groups in total. The molecule has 38 heavy (non-hydrogen) atoms. The Morgan fingerprint density at radius 2 is 1.39 bits per heavy atom. The Kier molecular flexibility index (Phi) is 10.7. The van der Waals surface area contributed by atoms with Gasteiger partial charge < -0.3 is 14.6 Å². The van der Waals surface area contributed by atoms with Gasteiger partial charge in [0.2, 0.25) is 0 Å². The van der Waals surface area contributed by atoms with E-state index in [0.29, 0.717) is 19.4 Å². The lowest BCUT2D eigenvalue weighted by Gasteiger charge is -2.22. The first kappa shape index (κ1) is 27.8. The number of fused-ring (bicyclic) bond motifs is 1. The molecule has 4 heteroatoms. The number of carboxylic acids is 1. The molecular weight excluding hydrogens is 472 g/mol.